The number of benzene rings is 2. The Hall–Kier alpha value is -2.73. The van der Waals surface area contributed by atoms with Crippen LogP contribution in [0.2, 0.25) is 0 Å². The SMILES string of the molecule is COC(=O)c1ccc(CN2CCCC(CCC(=O)NCc3ccccc3F)C2)cc1. The second-order valence-corrected chi connectivity index (χ2v) is 7.84. The van der Waals surface area contributed by atoms with Crippen molar-refractivity contribution < 1.29 is 18.7 Å². The number of methoxy groups -OCH3 is 1. The summed E-state index contributed by atoms with van der Waals surface area (Å²) in [5, 5.41) is 2.82. The van der Waals surface area contributed by atoms with Gasteiger partial charge in [-0.05, 0) is 55.5 Å². The van der Waals surface area contributed by atoms with Crippen molar-refractivity contribution in [2.75, 3.05) is 20.2 Å². The Balaban J connectivity index is 1.41. The molecule has 0 aliphatic carbocycles. The largest absolute Gasteiger partial charge is 0.465 e. The molecule has 1 amide bonds. The number of carbonyl (C=O) groups is 2. The second kappa shape index (κ2) is 10.9. The topological polar surface area (TPSA) is 58.6 Å². The van der Waals surface area contributed by atoms with Gasteiger partial charge in [-0.2, -0.15) is 0 Å². The smallest absolute Gasteiger partial charge is 0.337 e. The van der Waals surface area contributed by atoms with Gasteiger partial charge in [-0.3, -0.25) is 9.69 Å². The van der Waals surface area contributed by atoms with E-state index in [1.807, 2.05) is 12.1 Å². The molecule has 160 valence electrons. The first-order chi connectivity index (χ1) is 14.5. The zero-order valence-corrected chi connectivity index (χ0v) is 17.4. The number of nitrogens with one attached hydrogen (secondary N) is 1. The molecule has 6 heteroatoms. The molecule has 1 fully saturated rings. The average Bonchev–Trinajstić information content (AvgIpc) is 2.77. The summed E-state index contributed by atoms with van der Waals surface area (Å²) in [6.07, 6.45) is 3.53. The minimum atomic E-state index is -0.326. The van der Waals surface area contributed by atoms with Crippen LogP contribution < -0.4 is 5.32 Å². The third-order valence-corrected chi connectivity index (χ3v) is 5.60. The molecule has 2 aromatic carbocycles. The van der Waals surface area contributed by atoms with Crippen LogP contribution >= 0.6 is 0 Å². The van der Waals surface area contributed by atoms with Gasteiger partial charge in [0.1, 0.15) is 5.82 Å². The maximum Gasteiger partial charge on any atom is 0.337 e. The quantitative estimate of drug-likeness (QED) is 0.668. The molecule has 0 spiro atoms. The molecule has 0 bridgehead atoms. The van der Waals surface area contributed by atoms with E-state index in [1.54, 1.807) is 30.3 Å². The maximum atomic E-state index is 13.6. The van der Waals surface area contributed by atoms with Gasteiger partial charge >= 0.3 is 5.97 Å². The Morgan fingerprint density at radius 2 is 1.93 bits per heavy atom. The number of carbonyl (C=O) groups excluding carboxylic acids is 2. The van der Waals surface area contributed by atoms with Crippen LogP contribution in [0.15, 0.2) is 48.5 Å². The number of ether oxygens (including phenoxy) is 1. The minimum Gasteiger partial charge on any atom is -0.465 e. The van der Waals surface area contributed by atoms with Crippen LogP contribution in [-0.4, -0.2) is 37.0 Å². The van der Waals surface area contributed by atoms with Crippen molar-refractivity contribution in [1.82, 2.24) is 10.2 Å². The van der Waals surface area contributed by atoms with E-state index in [-0.39, 0.29) is 24.2 Å². The summed E-state index contributed by atoms with van der Waals surface area (Å²) < 4.78 is 18.4. The molecule has 1 N–H and O–H groups in total. The van der Waals surface area contributed by atoms with Gasteiger partial charge in [0.2, 0.25) is 5.91 Å². The van der Waals surface area contributed by atoms with Gasteiger partial charge in [-0.15, -0.1) is 0 Å². The average molecular weight is 413 g/mol. The van der Waals surface area contributed by atoms with Crippen LogP contribution in [0.3, 0.4) is 0 Å². The van der Waals surface area contributed by atoms with Crippen LogP contribution in [0.1, 0.15) is 47.2 Å². The second-order valence-electron chi connectivity index (χ2n) is 7.84. The zero-order valence-electron chi connectivity index (χ0n) is 17.4. The Labute approximate surface area is 177 Å². The van der Waals surface area contributed by atoms with Crippen molar-refractivity contribution in [1.29, 1.82) is 0 Å². The zero-order chi connectivity index (χ0) is 21.3. The van der Waals surface area contributed by atoms with Crippen molar-refractivity contribution in [2.45, 2.75) is 38.8 Å². The fraction of sp³-hybridized carbons (Fsp3) is 0.417. The van der Waals surface area contributed by atoms with E-state index in [2.05, 4.69) is 10.2 Å². The maximum absolute atomic E-state index is 13.6. The molecule has 5 nitrogen and oxygen atoms in total. The fourth-order valence-corrected chi connectivity index (χ4v) is 3.91. The van der Waals surface area contributed by atoms with Crippen LogP contribution in [0.4, 0.5) is 4.39 Å². The van der Waals surface area contributed by atoms with Gasteiger partial charge < -0.3 is 10.1 Å². The molecule has 3 rings (SSSR count). The number of halogens is 1. The lowest BCUT2D eigenvalue weighted by atomic mass is 9.93. The minimum absolute atomic E-state index is 0.0335. The lowest BCUT2D eigenvalue weighted by Crippen LogP contribution is -2.35. The summed E-state index contributed by atoms with van der Waals surface area (Å²) >= 11 is 0. The Bertz CT molecular complexity index is 854. The van der Waals surface area contributed by atoms with Gasteiger partial charge in [0.25, 0.3) is 0 Å². The molecule has 1 atom stereocenters. The number of amides is 1. The van der Waals surface area contributed by atoms with Gasteiger partial charge in [0.15, 0.2) is 0 Å². The molecular formula is C24H29FN2O3. The van der Waals surface area contributed by atoms with E-state index in [0.29, 0.717) is 23.5 Å². The third kappa shape index (κ3) is 6.39. The van der Waals surface area contributed by atoms with Crippen LogP contribution in [-0.2, 0) is 22.6 Å². The van der Waals surface area contributed by atoms with E-state index in [4.69, 9.17) is 4.74 Å². The number of esters is 1. The molecule has 1 heterocycles. The number of rotatable bonds is 8. The third-order valence-electron chi connectivity index (χ3n) is 5.60. The molecular weight excluding hydrogens is 383 g/mol. The molecule has 30 heavy (non-hydrogen) atoms. The molecule has 0 saturated carbocycles. The first kappa shape index (κ1) is 22.0. The highest BCUT2D eigenvalue weighted by atomic mass is 19.1. The van der Waals surface area contributed by atoms with Crippen molar-refractivity contribution in [3.05, 3.63) is 71.0 Å². The summed E-state index contributed by atoms with van der Waals surface area (Å²) in [4.78, 5) is 26.1. The summed E-state index contributed by atoms with van der Waals surface area (Å²) in [7, 11) is 1.38. The first-order valence-electron chi connectivity index (χ1n) is 10.4. The monoisotopic (exact) mass is 412 g/mol. The molecule has 1 aliphatic heterocycles. The van der Waals surface area contributed by atoms with E-state index in [1.165, 1.54) is 13.2 Å². The highest BCUT2D eigenvalue weighted by molar-refractivity contribution is 5.89. The molecule has 0 aromatic heterocycles. The fourth-order valence-electron chi connectivity index (χ4n) is 3.91. The van der Waals surface area contributed by atoms with Crippen molar-refractivity contribution >= 4 is 11.9 Å². The van der Waals surface area contributed by atoms with Gasteiger partial charge in [0.05, 0.1) is 12.7 Å². The lowest BCUT2D eigenvalue weighted by Gasteiger charge is -2.32. The molecule has 1 unspecified atom stereocenters. The summed E-state index contributed by atoms with van der Waals surface area (Å²) in [6, 6.07) is 14.0. The number of piperidine rings is 1. The number of likely N-dealkylation sites (tertiary alicyclic amines) is 1. The number of hydrogen-bond acceptors (Lipinski definition) is 4. The first-order valence-corrected chi connectivity index (χ1v) is 10.4. The molecule has 2 aromatic rings. The highest BCUT2D eigenvalue weighted by Crippen LogP contribution is 2.22. The van der Waals surface area contributed by atoms with E-state index in [0.717, 1.165) is 44.5 Å². The van der Waals surface area contributed by atoms with Crippen LogP contribution in [0.5, 0.6) is 0 Å². The van der Waals surface area contributed by atoms with Crippen LogP contribution in [0.25, 0.3) is 0 Å². The number of hydrogen-bond donors (Lipinski definition) is 1. The standard InChI is InChI=1S/C24H29FN2O3/c1-30-24(29)20-11-8-19(9-12-20)17-27-14-4-5-18(16-27)10-13-23(28)26-15-21-6-2-3-7-22(21)25/h2-3,6-9,11-12,18H,4-5,10,13-17H2,1H3,(H,26,28). The van der Waals surface area contributed by atoms with Gasteiger partial charge in [-0.25, -0.2) is 9.18 Å². The lowest BCUT2D eigenvalue weighted by molar-refractivity contribution is -0.121. The molecule has 0 radical (unpaired) electrons. The predicted molar refractivity (Wildman–Crippen MR) is 113 cm³/mol. The van der Waals surface area contributed by atoms with E-state index in [9.17, 15) is 14.0 Å². The Morgan fingerprint density at radius 3 is 2.67 bits per heavy atom. The normalized spacial score (nSPS) is 16.8. The summed E-state index contributed by atoms with van der Waals surface area (Å²) in [5.41, 5.74) is 2.22. The molecule has 1 saturated heterocycles. The Morgan fingerprint density at radius 1 is 1.17 bits per heavy atom. The molecule has 1 aliphatic rings. The summed E-state index contributed by atoms with van der Waals surface area (Å²) in [6.45, 7) is 3.05. The van der Waals surface area contributed by atoms with Crippen molar-refractivity contribution in [2.24, 2.45) is 5.92 Å². The Kier molecular flexibility index (Phi) is 7.97. The van der Waals surface area contributed by atoms with Crippen molar-refractivity contribution in [3.8, 4) is 0 Å². The van der Waals surface area contributed by atoms with Crippen molar-refractivity contribution in [3.63, 3.8) is 0 Å². The highest BCUT2D eigenvalue weighted by Gasteiger charge is 2.21. The predicted octanol–water partition coefficient (Wildman–Crippen LogP) is 3.92. The van der Waals surface area contributed by atoms with Crippen LogP contribution in [0, 0.1) is 11.7 Å². The van der Waals surface area contributed by atoms with E-state index >= 15 is 0 Å². The van der Waals surface area contributed by atoms with Gasteiger partial charge in [0, 0.05) is 31.6 Å². The van der Waals surface area contributed by atoms with E-state index < -0.39 is 0 Å². The van der Waals surface area contributed by atoms with Gasteiger partial charge in [-0.1, -0.05) is 30.3 Å². The number of nitrogens with zero attached hydrogens (tertiary/aromatic N) is 1. The summed E-state index contributed by atoms with van der Waals surface area (Å²) in [5.74, 6) is -0.172.